The maximum atomic E-state index is 11.9. The molecule has 6 heteroatoms. The molecule has 0 saturated heterocycles. The number of aliphatic hydroxyl groups is 1. The van der Waals surface area contributed by atoms with Gasteiger partial charge >= 0.3 is 6.03 Å². The zero-order chi connectivity index (χ0) is 15.1. The number of aliphatic hydroxyl groups excluding tert-OH is 1. The van der Waals surface area contributed by atoms with E-state index < -0.39 is 6.10 Å². The molecule has 1 aromatic carbocycles. The Morgan fingerprint density at radius 1 is 1.40 bits per heavy atom. The molecule has 0 bridgehead atoms. The van der Waals surface area contributed by atoms with E-state index in [0.29, 0.717) is 12.2 Å². The highest BCUT2D eigenvalue weighted by Crippen LogP contribution is 2.17. The van der Waals surface area contributed by atoms with Crippen molar-refractivity contribution in [3.63, 3.8) is 0 Å². The van der Waals surface area contributed by atoms with Crippen LogP contribution in [0.3, 0.4) is 0 Å². The Balaban J connectivity index is 2.57. The third-order valence-corrected chi connectivity index (χ3v) is 2.92. The van der Waals surface area contributed by atoms with Gasteiger partial charge < -0.3 is 20.6 Å². The van der Waals surface area contributed by atoms with E-state index in [1.807, 2.05) is 0 Å². The van der Waals surface area contributed by atoms with Gasteiger partial charge in [-0.3, -0.25) is 4.79 Å². The van der Waals surface area contributed by atoms with Crippen molar-refractivity contribution in [3.05, 3.63) is 29.8 Å². The second-order valence-corrected chi connectivity index (χ2v) is 4.58. The summed E-state index contributed by atoms with van der Waals surface area (Å²) < 4.78 is 0. The van der Waals surface area contributed by atoms with Crippen LogP contribution in [-0.4, -0.2) is 42.6 Å². The quantitative estimate of drug-likeness (QED) is 0.760. The largest absolute Gasteiger partial charge is 0.389 e. The normalized spacial score (nSPS) is 11.6. The molecule has 1 aromatic rings. The maximum Gasteiger partial charge on any atom is 0.321 e. The Morgan fingerprint density at radius 3 is 2.70 bits per heavy atom. The number of hydrogen-bond acceptors (Lipinski definition) is 3. The zero-order valence-electron chi connectivity index (χ0n) is 12.0. The number of benzene rings is 1. The highest BCUT2D eigenvalue weighted by Gasteiger charge is 2.11. The Bertz CT molecular complexity index is 474. The van der Waals surface area contributed by atoms with Gasteiger partial charge in [-0.05, 0) is 24.6 Å². The van der Waals surface area contributed by atoms with Crippen molar-refractivity contribution in [3.8, 4) is 0 Å². The average Bonchev–Trinajstić information content (AvgIpc) is 2.44. The monoisotopic (exact) mass is 279 g/mol. The highest BCUT2D eigenvalue weighted by molar-refractivity contribution is 5.89. The van der Waals surface area contributed by atoms with Crippen LogP contribution >= 0.6 is 0 Å². The first-order valence-corrected chi connectivity index (χ1v) is 6.44. The van der Waals surface area contributed by atoms with E-state index in [0.717, 1.165) is 5.56 Å². The van der Waals surface area contributed by atoms with E-state index in [-0.39, 0.29) is 18.4 Å². The molecule has 6 nitrogen and oxygen atoms in total. The molecule has 0 aliphatic carbocycles. The Morgan fingerprint density at radius 2 is 2.10 bits per heavy atom. The van der Waals surface area contributed by atoms with Crippen LogP contribution in [0.5, 0.6) is 0 Å². The van der Waals surface area contributed by atoms with E-state index in [2.05, 4.69) is 10.6 Å². The number of urea groups is 1. The fourth-order valence-electron chi connectivity index (χ4n) is 1.59. The van der Waals surface area contributed by atoms with Crippen LogP contribution in [0, 0.1) is 0 Å². The summed E-state index contributed by atoms with van der Waals surface area (Å²) in [7, 11) is 3.18. The highest BCUT2D eigenvalue weighted by atomic mass is 16.3. The lowest BCUT2D eigenvalue weighted by atomic mass is 10.1. The number of rotatable bonds is 5. The third-order valence-electron chi connectivity index (χ3n) is 2.92. The number of carbonyl (C=O) groups is 2. The van der Waals surface area contributed by atoms with Crippen molar-refractivity contribution in [1.29, 1.82) is 0 Å². The number of anilines is 1. The second-order valence-electron chi connectivity index (χ2n) is 4.58. The molecule has 1 atom stereocenters. The summed E-state index contributed by atoms with van der Waals surface area (Å²) in [6, 6.07) is 6.72. The summed E-state index contributed by atoms with van der Waals surface area (Å²) in [6.07, 6.45) is -0.327. The van der Waals surface area contributed by atoms with Crippen molar-refractivity contribution < 1.29 is 14.7 Å². The van der Waals surface area contributed by atoms with Crippen LogP contribution in [-0.2, 0) is 4.79 Å². The summed E-state index contributed by atoms with van der Waals surface area (Å²) >= 11 is 0. The number of amides is 3. The lowest BCUT2D eigenvalue weighted by molar-refractivity contribution is -0.120. The molecule has 0 aliphatic rings. The molecule has 110 valence electrons. The third kappa shape index (κ3) is 4.89. The van der Waals surface area contributed by atoms with E-state index in [1.165, 1.54) is 4.90 Å². The molecule has 3 N–H and O–H groups in total. The van der Waals surface area contributed by atoms with Gasteiger partial charge in [-0.1, -0.05) is 12.1 Å². The van der Waals surface area contributed by atoms with Crippen LogP contribution in [0.1, 0.15) is 25.0 Å². The minimum Gasteiger partial charge on any atom is -0.389 e. The van der Waals surface area contributed by atoms with Crippen LogP contribution < -0.4 is 10.6 Å². The first-order valence-electron chi connectivity index (χ1n) is 6.44. The zero-order valence-corrected chi connectivity index (χ0v) is 12.0. The molecule has 0 spiro atoms. The molecular weight excluding hydrogens is 258 g/mol. The van der Waals surface area contributed by atoms with Crippen LogP contribution in [0.2, 0.25) is 0 Å². The van der Waals surface area contributed by atoms with E-state index in [4.69, 9.17) is 0 Å². The fraction of sp³-hybridized carbons (Fsp3) is 0.429. The van der Waals surface area contributed by atoms with Gasteiger partial charge in [-0.25, -0.2) is 4.79 Å². The van der Waals surface area contributed by atoms with Gasteiger partial charge in [-0.15, -0.1) is 0 Å². The van der Waals surface area contributed by atoms with Gasteiger partial charge in [0.2, 0.25) is 5.91 Å². The average molecular weight is 279 g/mol. The fourth-order valence-corrected chi connectivity index (χ4v) is 1.59. The number of nitrogens with one attached hydrogen (secondary N) is 2. The molecule has 0 heterocycles. The van der Waals surface area contributed by atoms with Crippen molar-refractivity contribution in [2.24, 2.45) is 0 Å². The lowest BCUT2D eigenvalue weighted by Crippen LogP contribution is -2.34. The van der Waals surface area contributed by atoms with Crippen molar-refractivity contribution in [1.82, 2.24) is 10.2 Å². The minimum atomic E-state index is -0.585. The summed E-state index contributed by atoms with van der Waals surface area (Å²) in [5, 5.41) is 14.7. The lowest BCUT2D eigenvalue weighted by Gasteiger charge is -2.18. The van der Waals surface area contributed by atoms with Crippen LogP contribution in [0.4, 0.5) is 10.5 Å². The van der Waals surface area contributed by atoms with Gasteiger partial charge in [0.25, 0.3) is 0 Å². The van der Waals surface area contributed by atoms with Crippen LogP contribution in [0.25, 0.3) is 0 Å². The molecule has 0 fully saturated rings. The summed E-state index contributed by atoms with van der Waals surface area (Å²) in [6.45, 7) is 2.00. The Kier molecular flexibility index (Phi) is 5.99. The van der Waals surface area contributed by atoms with Crippen LogP contribution in [0.15, 0.2) is 24.3 Å². The Labute approximate surface area is 118 Å². The van der Waals surface area contributed by atoms with E-state index >= 15 is 0 Å². The van der Waals surface area contributed by atoms with Gasteiger partial charge in [0.05, 0.1) is 6.10 Å². The number of hydrogen-bond donors (Lipinski definition) is 3. The standard InChI is InChI=1S/C14H21N3O3/c1-10(18)11-5-4-6-12(9-11)16-14(20)17(3)8-7-13(19)15-2/h4-6,9-10,18H,7-8H2,1-3H3,(H,15,19)(H,16,20). The minimum absolute atomic E-state index is 0.110. The molecule has 0 aliphatic heterocycles. The predicted molar refractivity (Wildman–Crippen MR) is 77.4 cm³/mol. The summed E-state index contributed by atoms with van der Waals surface area (Å²) in [5.41, 5.74) is 1.34. The Hall–Kier alpha value is -2.08. The molecule has 0 radical (unpaired) electrons. The van der Waals surface area contributed by atoms with Crippen molar-refractivity contribution >= 4 is 17.6 Å². The van der Waals surface area contributed by atoms with Gasteiger partial charge in [0.1, 0.15) is 0 Å². The molecule has 1 unspecified atom stereocenters. The van der Waals surface area contributed by atoms with Gasteiger partial charge in [0.15, 0.2) is 0 Å². The topological polar surface area (TPSA) is 81.7 Å². The maximum absolute atomic E-state index is 11.9. The molecule has 20 heavy (non-hydrogen) atoms. The molecular formula is C14H21N3O3. The number of carbonyl (C=O) groups excluding carboxylic acids is 2. The molecule has 1 rings (SSSR count). The molecule has 0 aromatic heterocycles. The summed E-state index contributed by atoms with van der Waals surface area (Å²) in [5.74, 6) is -0.110. The van der Waals surface area contributed by atoms with E-state index in [9.17, 15) is 14.7 Å². The first-order chi connectivity index (χ1) is 9.43. The van der Waals surface area contributed by atoms with Gasteiger partial charge in [-0.2, -0.15) is 0 Å². The van der Waals surface area contributed by atoms with Gasteiger partial charge in [0, 0.05) is 32.7 Å². The molecule has 0 saturated carbocycles. The first kappa shape index (κ1) is 16.0. The van der Waals surface area contributed by atoms with Crippen molar-refractivity contribution in [2.75, 3.05) is 26.0 Å². The van der Waals surface area contributed by atoms with Crippen molar-refractivity contribution in [2.45, 2.75) is 19.4 Å². The smallest absolute Gasteiger partial charge is 0.321 e. The van der Waals surface area contributed by atoms with E-state index in [1.54, 1.807) is 45.3 Å². The predicted octanol–water partition coefficient (Wildman–Crippen LogP) is 1.34. The molecule has 3 amide bonds. The summed E-state index contributed by atoms with van der Waals surface area (Å²) in [4.78, 5) is 24.5. The number of nitrogens with zero attached hydrogens (tertiary/aromatic N) is 1. The second kappa shape index (κ2) is 7.49. The SMILES string of the molecule is CNC(=O)CCN(C)C(=O)Nc1cccc(C(C)O)c1.